The number of ether oxygens (including phenoxy) is 1. The van der Waals surface area contributed by atoms with Gasteiger partial charge in [0.25, 0.3) is 0 Å². The molecule has 4 heteroatoms. The molecule has 0 aliphatic heterocycles. The number of fused-ring (bicyclic) bond motifs is 1. The lowest BCUT2D eigenvalue weighted by Crippen LogP contribution is -1.90. The summed E-state index contributed by atoms with van der Waals surface area (Å²) in [5.74, 6) is 0.866. The van der Waals surface area contributed by atoms with Crippen molar-refractivity contribution in [1.82, 2.24) is 0 Å². The van der Waals surface area contributed by atoms with Gasteiger partial charge in [-0.2, -0.15) is 0 Å². The Morgan fingerprint density at radius 2 is 1.75 bits per heavy atom. The fourth-order valence-electron chi connectivity index (χ4n) is 2.29. The Morgan fingerprint density at radius 3 is 2.50 bits per heavy atom. The topological polar surface area (TPSA) is 62.8 Å². The fourth-order valence-corrected chi connectivity index (χ4v) is 2.29. The Morgan fingerprint density at radius 1 is 1.00 bits per heavy atom. The van der Waals surface area contributed by atoms with Crippen LogP contribution in [-0.4, -0.2) is 17.3 Å². The van der Waals surface area contributed by atoms with Crippen LogP contribution in [0, 0.1) is 0 Å². The van der Waals surface area contributed by atoms with Crippen molar-refractivity contribution >= 4 is 11.0 Å². The molecule has 4 nitrogen and oxygen atoms in total. The second kappa shape index (κ2) is 5.00. The van der Waals surface area contributed by atoms with E-state index < -0.39 is 6.29 Å². The summed E-state index contributed by atoms with van der Waals surface area (Å²) in [7, 11) is 1.62. The molecule has 1 heterocycles. The quantitative estimate of drug-likeness (QED) is 0.718. The van der Waals surface area contributed by atoms with E-state index in [9.17, 15) is 10.2 Å². The summed E-state index contributed by atoms with van der Waals surface area (Å²) in [5.41, 5.74) is 2.36. The van der Waals surface area contributed by atoms with Gasteiger partial charge in [-0.05, 0) is 12.1 Å². The molecule has 0 aliphatic carbocycles. The molecule has 0 atom stereocenters. The molecule has 0 fully saturated rings. The maximum atomic E-state index is 9.22. The van der Waals surface area contributed by atoms with Crippen molar-refractivity contribution in [3.63, 3.8) is 0 Å². The van der Waals surface area contributed by atoms with Gasteiger partial charge in [0.05, 0.1) is 7.11 Å². The van der Waals surface area contributed by atoms with E-state index in [1.807, 2.05) is 42.5 Å². The molecule has 3 aromatic rings. The summed E-state index contributed by atoms with van der Waals surface area (Å²) in [4.78, 5) is 0. The molecule has 0 saturated heterocycles. The maximum Gasteiger partial charge on any atom is 0.212 e. The lowest BCUT2D eigenvalue weighted by molar-refractivity contribution is -0.0571. The van der Waals surface area contributed by atoms with Gasteiger partial charge < -0.3 is 19.4 Å². The molecule has 2 aromatic carbocycles. The number of methoxy groups -OCH3 is 1. The Balaban J connectivity index is 2.25. The molecule has 102 valence electrons. The van der Waals surface area contributed by atoms with E-state index in [0.717, 1.165) is 22.3 Å². The van der Waals surface area contributed by atoms with Crippen molar-refractivity contribution in [2.45, 2.75) is 6.29 Å². The number of aliphatic hydroxyl groups is 2. The lowest BCUT2D eigenvalue weighted by atomic mass is 10.0. The van der Waals surface area contributed by atoms with Gasteiger partial charge in [-0.1, -0.05) is 36.4 Å². The van der Waals surface area contributed by atoms with E-state index in [-0.39, 0.29) is 5.76 Å². The van der Waals surface area contributed by atoms with Gasteiger partial charge in [0, 0.05) is 16.5 Å². The van der Waals surface area contributed by atoms with Gasteiger partial charge in [-0.15, -0.1) is 0 Å². The molecule has 2 N–H and O–H groups in total. The first kappa shape index (κ1) is 12.7. The zero-order valence-corrected chi connectivity index (χ0v) is 10.9. The summed E-state index contributed by atoms with van der Waals surface area (Å²) in [6, 6.07) is 14.9. The predicted octanol–water partition coefficient (Wildman–Crippen LogP) is 3.09. The zero-order chi connectivity index (χ0) is 14.1. The standard InChI is InChI=1S/C16H14O4/c1-19-13-8-3-2-6-11(13)12-7-4-5-10-9-14(16(17)18)20-15(10)12/h2-9,16-18H,1H3. The van der Waals surface area contributed by atoms with E-state index in [0.29, 0.717) is 5.58 Å². The summed E-state index contributed by atoms with van der Waals surface area (Å²) < 4.78 is 10.9. The number of aliphatic hydroxyl groups excluding tert-OH is 1. The normalized spacial score (nSPS) is 11.2. The lowest BCUT2D eigenvalue weighted by Gasteiger charge is -2.08. The van der Waals surface area contributed by atoms with Crippen LogP contribution in [0.2, 0.25) is 0 Å². The van der Waals surface area contributed by atoms with Crippen LogP contribution in [0.4, 0.5) is 0 Å². The van der Waals surface area contributed by atoms with Gasteiger partial charge in [0.2, 0.25) is 6.29 Å². The summed E-state index contributed by atoms with van der Waals surface area (Å²) in [6.45, 7) is 0. The van der Waals surface area contributed by atoms with E-state index in [1.54, 1.807) is 13.2 Å². The van der Waals surface area contributed by atoms with Crippen LogP contribution < -0.4 is 4.74 Å². The zero-order valence-electron chi connectivity index (χ0n) is 10.9. The molecule has 0 unspecified atom stereocenters. The SMILES string of the molecule is COc1ccccc1-c1cccc2cc(C(O)O)oc12. The Kier molecular flexibility index (Phi) is 3.18. The van der Waals surface area contributed by atoms with Gasteiger partial charge in [-0.3, -0.25) is 0 Å². The van der Waals surface area contributed by atoms with E-state index in [2.05, 4.69) is 0 Å². The van der Waals surface area contributed by atoms with Crippen molar-refractivity contribution in [3.8, 4) is 16.9 Å². The fraction of sp³-hybridized carbons (Fsp3) is 0.125. The minimum absolute atomic E-state index is 0.127. The largest absolute Gasteiger partial charge is 0.496 e. The van der Waals surface area contributed by atoms with Crippen LogP contribution in [0.15, 0.2) is 52.9 Å². The Hall–Kier alpha value is -2.30. The van der Waals surface area contributed by atoms with Crippen LogP contribution in [0.1, 0.15) is 12.1 Å². The predicted molar refractivity (Wildman–Crippen MR) is 75.4 cm³/mol. The molecule has 0 spiro atoms. The maximum absolute atomic E-state index is 9.22. The number of hydrogen-bond donors (Lipinski definition) is 2. The minimum Gasteiger partial charge on any atom is -0.496 e. The third-order valence-electron chi connectivity index (χ3n) is 3.21. The highest BCUT2D eigenvalue weighted by atomic mass is 16.5. The Bertz CT molecular complexity index is 743. The average Bonchev–Trinajstić information content (AvgIpc) is 2.91. The number of benzene rings is 2. The van der Waals surface area contributed by atoms with Crippen molar-refractivity contribution in [3.05, 3.63) is 54.3 Å². The van der Waals surface area contributed by atoms with Crippen LogP contribution in [0.5, 0.6) is 5.75 Å². The smallest absolute Gasteiger partial charge is 0.212 e. The van der Waals surface area contributed by atoms with Crippen molar-refractivity contribution < 1.29 is 19.4 Å². The van der Waals surface area contributed by atoms with E-state index in [4.69, 9.17) is 9.15 Å². The highest BCUT2D eigenvalue weighted by Gasteiger charge is 2.15. The van der Waals surface area contributed by atoms with Gasteiger partial charge in [0.15, 0.2) is 5.76 Å². The molecule has 0 aliphatic rings. The summed E-state index contributed by atoms with van der Waals surface area (Å²) >= 11 is 0. The minimum atomic E-state index is -1.62. The molecule has 0 bridgehead atoms. The molecular weight excluding hydrogens is 256 g/mol. The van der Waals surface area contributed by atoms with Crippen LogP contribution in [-0.2, 0) is 0 Å². The molecule has 1 aromatic heterocycles. The highest BCUT2D eigenvalue weighted by molar-refractivity contribution is 5.94. The first-order chi connectivity index (χ1) is 9.70. The molecule has 0 amide bonds. The third-order valence-corrected chi connectivity index (χ3v) is 3.21. The van der Waals surface area contributed by atoms with Crippen molar-refractivity contribution in [2.24, 2.45) is 0 Å². The molecule has 3 rings (SSSR count). The van der Waals surface area contributed by atoms with Crippen molar-refractivity contribution in [1.29, 1.82) is 0 Å². The first-order valence-electron chi connectivity index (χ1n) is 6.22. The Labute approximate surface area is 115 Å². The number of para-hydroxylation sites is 2. The second-order valence-corrected chi connectivity index (χ2v) is 4.45. The van der Waals surface area contributed by atoms with E-state index in [1.165, 1.54) is 0 Å². The second-order valence-electron chi connectivity index (χ2n) is 4.45. The molecule has 0 radical (unpaired) electrons. The molecule has 20 heavy (non-hydrogen) atoms. The van der Waals surface area contributed by atoms with Gasteiger partial charge in [-0.25, -0.2) is 0 Å². The summed E-state index contributed by atoms with van der Waals surface area (Å²) in [6.07, 6.45) is -1.62. The van der Waals surface area contributed by atoms with Gasteiger partial charge in [0.1, 0.15) is 11.3 Å². The van der Waals surface area contributed by atoms with Crippen LogP contribution in [0.25, 0.3) is 22.1 Å². The highest BCUT2D eigenvalue weighted by Crippen LogP contribution is 2.36. The van der Waals surface area contributed by atoms with Crippen molar-refractivity contribution in [2.75, 3.05) is 7.11 Å². The number of rotatable bonds is 3. The first-order valence-corrected chi connectivity index (χ1v) is 6.22. The average molecular weight is 270 g/mol. The monoisotopic (exact) mass is 270 g/mol. The number of furan rings is 1. The molecular formula is C16H14O4. The van der Waals surface area contributed by atoms with Crippen LogP contribution >= 0.6 is 0 Å². The third kappa shape index (κ3) is 2.05. The summed E-state index contributed by atoms with van der Waals surface area (Å²) in [5, 5.41) is 19.3. The van der Waals surface area contributed by atoms with E-state index >= 15 is 0 Å². The van der Waals surface area contributed by atoms with Gasteiger partial charge >= 0.3 is 0 Å². The molecule has 0 saturated carbocycles. The van der Waals surface area contributed by atoms with Crippen LogP contribution in [0.3, 0.4) is 0 Å². The number of hydrogen-bond acceptors (Lipinski definition) is 4.